The van der Waals surface area contributed by atoms with Crippen LogP contribution < -0.4 is 0 Å². The summed E-state index contributed by atoms with van der Waals surface area (Å²) in [5.74, 6) is 0.0213. The molecule has 0 bridgehead atoms. The van der Waals surface area contributed by atoms with E-state index in [9.17, 15) is 9.36 Å². The zero-order chi connectivity index (χ0) is 13.1. The highest BCUT2D eigenvalue weighted by molar-refractivity contribution is 7.38. The minimum absolute atomic E-state index is 0.0213. The molecule has 0 saturated carbocycles. The molecule has 0 aromatic rings. The van der Waals surface area contributed by atoms with E-state index in [-0.39, 0.29) is 11.2 Å². The van der Waals surface area contributed by atoms with Gasteiger partial charge in [0.25, 0.3) is 0 Å². The van der Waals surface area contributed by atoms with Gasteiger partial charge in [0.2, 0.25) is 0 Å². The Balaban J connectivity index is 4.82. The predicted molar refractivity (Wildman–Crippen MR) is 66.9 cm³/mol. The van der Waals surface area contributed by atoms with Crippen LogP contribution >= 0.6 is 8.03 Å². The summed E-state index contributed by atoms with van der Waals surface area (Å²) in [5, 5.41) is 0. The van der Waals surface area contributed by atoms with Gasteiger partial charge in [-0.05, 0) is 30.9 Å². The summed E-state index contributed by atoms with van der Waals surface area (Å²) in [5.41, 5.74) is -0.450. The van der Waals surface area contributed by atoms with Crippen LogP contribution in [0.15, 0.2) is 12.2 Å². The normalized spacial score (nSPS) is 13.5. The van der Waals surface area contributed by atoms with Crippen LogP contribution in [0.1, 0.15) is 41.0 Å². The highest BCUT2D eigenvalue weighted by Gasteiger charge is 2.44. The average Bonchev–Trinajstić information content (AvgIpc) is 1.99. The van der Waals surface area contributed by atoms with Crippen molar-refractivity contribution in [3.63, 3.8) is 0 Å². The molecule has 1 unspecified atom stereocenters. The lowest BCUT2D eigenvalue weighted by molar-refractivity contribution is -0.120. The van der Waals surface area contributed by atoms with E-state index < -0.39 is 13.6 Å². The molecule has 4 heteroatoms. The number of hydrogen-bond acceptors (Lipinski definition) is 3. The van der Waals surface area contributed by atoms with Gasteiger partial charge in [0.15, 0.2) is 12.4 Å². The first-order chi connectivity index (χ1) is 6.99. The molecule has 0 fully saturated rings. The van der Waals surface area contributed by atoms with Crippen molar-refractivity contribution in [1.29, 1.82) is 0 Å². The van der Waals surface area contributed by atoms with Crippen LogP contribution in [0.25, 0.3) is 0 Å². The minimum atomic E-state index is -1.68. The molecule has 0 aliphatic rings. The lowest BCUT2D eigenvalue weighted by Crippen LogP contribution is -2.41. The fraction of sp³-hybridized carbons (Fsp3) is 0.750. The van der Waals surface area contributed by atoms with Crippen LogP contribution in [-0.2, 0) is 13.9 Å². The first-order valence-corrected chi connectivity index (χ1v) is 6.91. The summed E-state index contributed by atoms with van der Waals surface area (Å²) in [4.78, 5) is 11.7. The van der Waals surface area contributed by atoms with E-state index in [1.165, 1.54) is 6.66 Å². The van der Waals surface area contributed by atoms with Crippen molar-refractivity contribution in [3.8, 4) is 0 Å². The Morgan fingerprint density at radius 1 is 1.31 bits per heavy atom. The summed E-state index contributed by atoms with van der Waals surface area (Å²) in [6, 6.07) is 0. The molecule has 3 nitrogen and oxygen atoms in total. The van der Waals surface area contributed by atoms with Crippen LogP contribution in [0.4, 0.5) is 0 Å². The third-order valence-corrected chi connectivity index (χ3v) is 3.78. The van der Waals surface area contributed by atoms with E-state index in [1.54, 1.807) is 6.92 Å². The molecule has 0 saturated heterocycles. The molecular formula is C12H22O3P+. The summed E-state index contributed by atoms with van der Waals surface area (Å²) < 4.78 is 16.6. The fourth-order valence-electron chi connectivity index (χ4n) is 1.21. The SMILES string of the molecule is C=C(C)C(=O)CC(C)(C)C(C)(C)O[P+](C)=O. The second kappa shape index (κ2) is 5.20. The van der Waals surface area contributed by atoms with Crippen LogP contribution in [0, 0.1) is 5.41 Å². The minimum Gasteiger partial charge on any atom is -0.295 e. The molecule has 0 spiro atoms. The molecule has 16 heavy (non-hydrogen) atoms. The Labute approximate surface area is 99.1 Å². The van der Waals surface area contributed by atoms with E-state index in [0.29, 0.717) is 12.0 Å². The second-order valence-electron chi connectivity index (χ2n) is 5.31. The Bertz CT molecular complexity index is 316. The van der Waals surface area contributed by atoms with Crippen LogP contribution in [0.5, 0.6) is 0 Å². The number of hydrogen-bond donors (Lipinski definition) is 0. The smallest absolute Gasteiger partial charge is 0.295 e. The average molecular weight is 245 g/mol. The van der Waals surface area contributed by atoms with Crippen molar-refractivity contribution in [3.05, 3.63) is 12.2 Å². The molecule has 0 aliphatic heterocycles. The quantitative estimate of drug-likeness (QED) is 0.529. The topological polar surface area (TPSA) is 43.4 Å². The molecule has 0 N–H and O–H groups in total. The molecule has 0 rings (SSSR count). The van der Waals surface area contributed by atoms with Gasteiger partial charge >= 0.3 is 8.03 Å². The first kappa shape index (κ1) is 15.5. The van der Waals surface area contributed by atoms with Gasteiger partial charge in [0, 0.05) is 11.8 Å². The standard InChI is InChI=1S/C12H22O3P/c1-9(2)10(13)8-11(3,4)12(5,6)15-16(7)14/h1,8H2,2-7H3/q+1. The number of carbonyl (C=O) groups is 1. The largest absolute Gasteiger partial charge is 0.505 e. The molecule has 0 radical (unpaired) electrons. The molecule has 1 atom stereocenters. The highest BCUT2D eigenvalue weighted by atomic mass is 31.1. The number of carbonyl (C=O) groups excluding carboxylic acids is 1. The van der Waals surface area contributed by atoms with Crippen LogP contribution in [0.2, 0.25) is 0 Å². The van der Waals surface area contributed by atoms with Crippen molar-refractivity contribution < 1.29 is 13.9 Å². The Hall–Kier alpha value is -0.530. The van der Waals surface area contributed by atoms with Crippen LogP contribution in [-0.4, -0.2) is 18.0 Å². The molecule has 0 aliphatic carbocycles. The van der Waals surface area contributed by atoms with E-state index in [4.69, 9.17) is 4.52 Å². The summed E-state index contributed by atoms with van der Waals surface area (Å²) >= 11 is 0. The fourth-order valence-corrected chi connectivity index (χ4v) is 2.10. The van der Waals surface area contributed by atoms with Crippen molar-refractivity contribution in [2.24, 2.45) is 5.41 Å². The number of ketones is 1. The monoisotopic (exact) mass is 245 g/mol. The van der Waals surface area contributed by atoms with Crippen molar-refractivity contribution in [1.82, 2.24) is 0 Å². The van der Waals surface area contributed by atoms with Crippen molar-refractivity contribution in [2.75, 3.05) is 6.66 Å². The molecule has 92 valence electrons. The molecule has 0 heterocycles. The van der Waals surface area contributed by atoms with Crippen molar-refractivity contribution >= 4 is 13.8 Å². The summed E-state index contributed by atoms with van der Waals surface area (Å²) in [7, 11) is -1.68. The van der Waals surface area contributed by atoms with E-state index in [2.05, 4.69) is 6.58 Å². The molecule has 0 amide bonds. The van der Waals surface area contributed by atoms with Crippen LogP contribution in [0.3, 0.4) is 0 Å². The summed E-state index contributed by atoms with van der Waals surface area (Å²) in [6.07, 6.45) is 0.346. The van der Waals surface area contributed by atoms with Gasteiger partial charge in [-0.15, -0.1) is 4.52 Å². The lowest BCUT2D eigenvalue weighted by atomic mass is 9.73. The highest BCUT2D eigenvalue weighted by Crippen LogP contribution is 2.42. The first-order valence-electron chi connectivity index (χ1n) is 5.28. The maximum absolute atomic E-state index is 11.7. The van der Waals surface area contributed by atoms with E-state index in [1.807, 2.05) is 27.7 Å². The number of Topliss-reactive ketones (excluding diaryl/α,β-unsaturated/α-hetero) is 1. The zero-order valence-electron chi connectivity index (χ0n) is 11.1. The third kappa shape index (κ3) is 4.15. The molecule has 0 aromatic carbocycles. The van der Waals surface area contributed by atoms with Crippen molar-refractivity contribution in [2.45, 2.75) is 46.6 Å². The number of rotatable bonds is 6. The second-order valence-corrected chi connectivity index (χ2v) is 6.37. The van der Waals surface area contributed by atoms with Gasteiger partial charge < -0.3 is 0 Å². The number of allylic oxidation sites excluding steroid dienone is 1. The Morgan fingerprint density at radius 3 is 2.06 bits per heavy atom. The van der Waals surface area contributed by atoms with Gasteiger partial charge in [-0.25, -0.2) is 0 Å². The maximum Gasteiger partial charge on any atom is 0.505 e. The maximum atomic E-state index is 11.7. The van der Waals surface area contributed by atoms with E-state index >= 15 is 0 Å². The van der Waals surface area contributed by atoms with Gasteiger partial charge in [-0.1, -0.05) is 20.4 Å². The predicted octanol–water partition coefficient (Wildman–Crippen LogP) is 3.72. The molecule has 0 aromatic heterocycles. The third-order valence-electron chi connectivity index (χ3n) is 3.07. The summed E-state index contributed by atoms with van der Waals surface area (Å²) in [6.45, 7) is 14.4. The molecular weight excluding hydrogens is 223 g/mol. The Morgan fingerprint density at radius 2 is 1.75 bits per heavy atom. The lowest BCUT2D eigenvalue weighted by Gasteiger charge is -2.36. The van der Waals surface area contributed by atoms with Gasteiger partial charge in [-0.3, -0.25) is 4.79 Å². The Kier molecular flexibility index (Phi) is 5.03. The van der Waals surface area contributed by atoms with Gasteiger partial charge in [0.1, 0.15) is 5.60 Å². The van der Waals surface area contributed by atoms with Gasteiger partial charge in [0.05, 0.1) is 0 Å². The zero-order valence-corrected chi connectivity index (χ0v) is 12.0. The van der Waals surface area contributed by atoms with E-state index in [0.717, 1.165) is 0 Å². The van der Waals surface area contributed by atoms with Gasteiger partial charge in [-0.2, -0.15) is 0 Å².